The number of aryl methyl sites for hydroxylation is 2. The van der Waals surface area contributed by atoms with Gasteiger partial charge in [0.05, 0.1) is 0 Å². The van der Waals surface area contributed by atoms with Crippen molar-refractivity contribution in [3.8, 4) is 11.1 Å². The molecule has 21 heavy (non-hydrogen) atoms. The molecule has 2 aromatic rings. The third-order valence-electron chi connectivity index (χ3n) is 3.69. The lowest BCUT2D eigenvalue weighted by Crippen LogP contribution is -2.18. The minimum Gasteiger partial charge on any atom is -0.310 e. The first-order chi connectivity index (χ1) is 9.93. The molecule has 0 saturated carbocycles. The molecule has 0 aliphatic carbocycles. The summed E-state index contributed by atoms with van der Waals surface area (Å²) in [7, 11) is 0. The smallest absolute Gasteiger partial charge is 0.131 e. The van der Waals surface area contributed by atoms with Crippen molar-refractivity contribution in [3.05, 3.63) is 58.7 Å². The maximum Gasteiger partial charge on any atom is 0.131 e. The molecule has 3 heteroatoms. The van der Waals surface area contributed by atoms with Gasteiger partial charge in [-0.2, -0.15) is 0 Å². The van der Waals surface area contributed by atoms with Crippen LogP contribution < -0.4 is 5.32 Å². The fraction of sp³-hybridized carbons (Fsp3) is 0.333. The Labute approximate surface area is 125 Å². The standard InChI is InChI=1S/C18H21F2N/c1-5-21-13(4)15-7-6-14(19)10-16(15)18-12(3)8-11(2)9-17(18)20/h6-10,13,21H,5H2,1-4H3. The quantitative estimate of drug-likeness (QED) is 0.842. The first kappa shape index (κ1) is 15.6. The van der Waals surface area contributed by atoms with Crippen LogP contribution in [0.15, 0.2) is 30.3 Å². The third kappa shape index (κ3) is 3.30. The van der Waals surface area contributed by atoms with E-state index in [9.17, 15) is 8.78 Å². The Hall–Kier alpha value is -1.74. The van der Waals surface area contributed by atoms with E-state index in [-0.39, 0.29) is 17.7 Å². The lowest BCUT2D eigenvalue weighted by molar-refractivity contribution is 0.591. The van der Waals surface area contributed by atoms with Crippen LogP contribution in [0.25, 0.3) is 11.1 Å². The molecule has 1 nitrogen and oxygen atoms in total. The first-order valence-corrected chi connectivity index (χ1v) is 7.24. The molecule has 0 fully saturated rings. The van der Waals surface area contributed by atoms with Crippen LogP contribution in [0.4, 0.5) is 8.78 Å². The zero-order valence-electron chi connectivity index (χ0n) is 12.9. The first-order valence-electron chi connectivity index (χ1n) is 7.24. The van der Waals surface area contributed by atoms with Crippen molar-refractivity contribution in [1.82, 2.24) is 5.32 Å². The maximum atomic E-state index is 14.4. The van der Waals surface area contributed by atoms with Crippen molar-refractivity contribution >= 4 is 0 Å². The van der Waals surface area contributed by atoms with Crippen molar-refractivity contribution in [2.75, 3.05) is 6.54 Å². The van der Waals surface area contributed by atoms with Gasteiger partial charge in [-0.05, 0) is 67.8 Å². The van der Waals surface area contributed by atoms with Gasteiger partial charge in [-0.25, -0.2) is 8.78 Å². The molecule has 0 radical (unpaired) electrons. The van der Waals surface area contributed by atoms with E-state index in [1.807, 2.05) is 33.8 Å². The van der Waals surface area contributed by atoms with Gasteiger partial charge in [-0.3, -0.25) is 0 Å². The summed E-state index contributed by atoms with van der Waals surface area (Å²) in [5.74, 6) is -0.653. The lowest BCUT2D eigenvalue weighted by atomic mass is 9.91. The maximum absolute atomic E-state index is 14.4. The van der Waals surface area contributed by atoms with Crippen LogP contribution in [0, 0.1) is 25.5 Å². The fourth-order valence-electron chi connectivity index (χ4n) is 2.80. The Morgan fingerprint density at radius 1 is 1.10 bits per heavy atom. The lowest BCUT2D eigenvalue weighted by Gasteiger charge is -2.19. The average Bonchev–Trinajstić information content (AvgIpc) is 2.37. The predicted molar refractivity (Wildman–Crippen MR) is 83.4 cm³/mol. The summed E-state index contributed by atoms with van der Waals surface area (Å²) >= 11 is 0. The molecule has 1 N–H and O–H groups in total. The highest BCUT2D eigenvalue weighted by atomic mass is 19.1. The molecular weight excluding hydrogens is 268 g/mol. The number of hydrogen-bond donors (Lipinski definition) is 1. The highest BCUT2D eigenvalue weighted by Gasteiger charge is 2.17. The normalized spacial score (nSPS) is 12.5. The van der Waals surface area contributed by atoms with E-state index < -0.39 is 0 Å². The number of hydrogen-bond acceptors (Lipinski definition) is 1. The minimum atomic E-state index is -0.350. The van der Waals surface area contributed by atoms with Crippen LogP contribution in [-0.4, -0.2) is 6.54 Å². The van der Waals surface area contributed by atoms with Crippen LogP contribution in [0.1, 0.15) is 36.6 Å². The van der Waals surface area contributed by atoms with E-state index in [4.69, 9.17) is 0 Å². The number of benzene rings is 2. The van der Waals surface area contributed by atoms with Crippen LogP contribution in [-0.2, 0) is 0 Å². The summed E-state index contributed by atoms with van der Waals surface area (Å²) in [6.07, 6.45) is 0. The van der Waals surface area contributed by atoms with Crippen molar-refractivity contribution in [2.45, 2.75) is 33.7 Å². The highest BCUT2D eigenvalue weighted by Crippen LogP contribution is 2.34. The molecule has 0 saturated heterocycles. The molecule has 1 unspecified atom stereocenters. The summed E-state index contributed by atoms with van der Waals surface area (Å²) in [6.45, 7) is 8.53. The van der Waals surface area contributed by atoms with E-state index >= 15 is 0 Å². The van der Waals surface area contributed by atoms with Gasteiger partial charge in [-0.1, -0.05) is 19.1 Å². The number of rotatable bonds is 4. The Morgan fingerprint density at radius 2 is 1.81 bits per heavy atom. The van der Waals surface area contributed by atoms with E-state index in [1.54, 1.807) is 6.07 Å². The van der Waals surface area contributed by atoms with Gasteiger partial charge >= 0.3 is 0 Å². The molecule has 112 valence electrons. The van der Waals surface area contributed by atoms with Gasteiger partial charge in [0.1, 0.15) is 11.6 Å². The largest absolute Gasteiger partial charge is 0.310 e. The SMILES string of the molecule is CCNC(C)c1ccc(F)cc1-c1c(C)cc(C)cc1F. The third-order valence-corrected chi connectivity index (χ3v) is 3.69. The van der Waals surface area contributed by atoms with Crippen LogP contribution in [0.2, 0.25) is 0 Å². The highest BCUT2D eigenvalue weighted by molar-refractivity contribution is 5.72. The van der Waals surface area contributed by atoms with E-state index in [0.29, 0.717) is 11.1 Å². The van der Waals surface area contributed by atoms with Crippen molar-refractivity contribution < 1.29 is 8.78 Å². The minimum absolute atomic E-state index is 0.0331. The zero-order chi connectivity index (χ0) is 15.6. The zero-order valence-corrected chi connectivity index (χ0v) is 12.9. The monoisotopic (exact) mass is 289 g/mol. The molecule has 0 heterocycles. The van der Waals surface area contributed by atoms with Crippen molar-refractivity contribution in [2.24, 2.45) is 0 Å². The fourth-order valence-corrected chi connectivity index (χ4v) is 2.80. The van der Waals surface area contributed by atoms with E-state index in [1.165, 1.54) is 18.2 Å². The van der Waals surface area contributed by atoms with Gasteiger partial charge in [0, 0.05) is 11.6 Å². The molecule has 2 aromatic carbocycles. The second-order valence-corrected chi connectivity index (χ2v) is 5.45. The van der Waals surface area contributed by atoms with Crippen molar-refractivity contribution in [1.29, 1.82) is 0 Å². The second kappa shape index (κ2) is 6.35. The summed E-state index contributed by atoms with van der Waals surface area (Å²) < 4.78 is 28.1. The number of halogens is 2. The molecule has 0 spiro atoms. The Bertz CT molecular complexity index is 627. The topological polar surface area (TPSA) is 12.0 Å². The van der Waals surface area contributed by atoms with Crippen molar-refractivity contribution in [3.63, 3.8) is 0 Å². The summed E-state index contributed by atoms with van der Waals surface area (Å²) in [6, 6.07) is 8.03. The summed E-state index contributed by atoms with van der Waals surface area (Å²) in [4.78, 5) is 0. The average molecular weight is 289 g/mol. The molecule has 0 aromatic heterocycles. The number of nitrogens with one attached hydrogen (secondary N) is 1. The Kier molecular flexibility index (Phi) is 4.73. The molecule has 0 aliphatic rings. The molecule has 1 atom stereocenters. The van der Waals surface area contributed by atoms with Crippen LogP contribution >= 0.6 is 0 Å². The molecule has 2 rings (SSSR count). The van der Waals surface area contributed by atoms with Crippen LogP contribution in [0.3, 0.4) is 0 Å². The van der Waals surface area contributed by atoms with Gasteiger partial charge in [0.2, 0.25) is 0 Å². The molecule has 0 bridgehead atoms. The predicted octanol–water partition coefficient (Wildman–Crippen LogP) is 4.92. The van der Waals surface area contributed by atoms with Crippen LogP contribution in [0.5, 0.6) is 0 Å². The van der Waals surface area contributed by atoms with E-state index in [2.05, 4.69) is 5.32 Å². The Morgan fingerprint density at radius 3 is 2.43 bits per heavy atom. The van der Waals surface area contributed by atoms with Gasteiger partial charge in [-0.15, -0.1) is 0 Å². The van der Waals surface area contributed by atoms with Gasteiger partial charge < -0.3 is 5.32 Å². The second-order valence-electron chi connectivity index (χ2n) is 5.45. The Balaban J connectivity index is 2.65. The van der Waals surface area contributed by atoms with E-state index in [0.717, 1.165) is 23.2 Å². The molecule has 0 aliphatic heterocycles. The summed E-state index contributed by atoms with van der Waals surface area (Å²) in [5.41, 5.74) is 3.71. The van der Waals surface area contributed by atoms with Gasteiger partial charge in [0.15, 0.2) is 0 Å². The van der Waals surface area contributed by atoms with Gasteiger partial charge in [0.25, 0.3) is 0 Å². The molecular formula is C18H21F2N. The molecule has 0 amide bonds. The summed E-state index contributed by atoms with van der Waals surface area (Å²) in [5, 5.41) is 3.30.